The highest BCUT2D eigenvalue weighted by atomic mass is 19.1. The molecule has 1 saturated heterocycles. The molecule has 5 rings (SSSR count). The van der Waals surface area contributed by atoms with E-state index in [-0.39, 0.29) is 17.8 Å². The summed E-state index contributed by atoms with van der Waals surface area (Å²) in [7, 11) is 1.69. The fourth-order valence-corrected chi connectivity index (χ4v) is 4.93. The van der Waals surface area contributed by atoms with Crippen LogP contribution in [0.25, 0.3) is 5.69 Å². The standard InChI is InChI=1S/C26H29FN4O2/c1-33-22-5-2-4-18(16-22)17-30-14-12-20(13-15-30)28-26(32)25-23-6-3-7-24(23)31(29-25)21-10-8-19(27)9-11-21/h2,4-5,8-11,16,20H,3,6-7,12-15,17H2,1H3,(H,28,32). The third-order valence-corrected chi connectivity index (χ3v) is 6.68. The molecule has 1 aliphatic heterocycles. The zero-order chi connectivity index (χ0) is 22.8. The average molecular weight is 449 g/mol. The molecule has 0 spiro atoms. The van der Waals surface area contributed by atoms with Crippen LogP contribution < -0.4 is 10.1 Å². The lowest BCUT2D eigenvalue weighted by molar-refractivity contribution is 0.0902. The van der Waals surface area contributed by atoms with Gasteiger partial charge in [0.15, 0.2) is 5.69 Å². The fraction of sp³-hybridized carbons (Fsp3) is 0.385. The molecule has 0 bridgehead atoms. The monoisotopic (exact) mass is 448 g/mol. The van der Waals surface area contributed by atoms with E-state index < -0.39 is 0 Å². The number of amides is 1. The lowest BCUT2D eigenvalue weighted by Gasteiger charge is -2.32. The average Bonchev–Trinajstić information content (AvgIpc) is 3.44. The van der Waals surface area contributed by atoms with Gasteiger partial charge in [-0.25, -0.2) is 9.07 Å². The van der Waals surface area contributed by atoms with Crippen molar-refractivity contribution in [2.75, 3.05) is 20.2 Å². The highest BCUT2D eigenvalue weighted by Crippen LogP contribution is 2.28. The summed E-state index contributed by atoms with van der Waals surface area (Å²) in [5, 5.41) is 7.86. The first kappa shape index (κ1) is 21.6. The summed E-state index contributed by atoms with van der Waals surface area (Å²) >= 11 is 0. The lowest BCUT2D eigenvalue weighted by Crippen LogP contribution is -2.44. The Labute approximate surface area is 193 Å². The number of carbonyl (C=O) groups is 1. The topological polar surface area (TPSA) is 59.4 Å². The molecule has 33 heavy (non-hydrogen) atoms. The molecule has 1 aliphatic carbocycles. The molecule has 0 radical (unpaired) electrons. The quantitative estimate of drug-likeness (QED) is 0.621. The SMILES string of the molecule is COc1cccc(CN2CCC(NC(=O)c3nn(-c4ccc(F)cc4)c4c3CCC4)CC2)c1. The summed E-state index contributed by atoms with van der Waals surface area (Å²) in [5.74, 6) is 0.501. The molecule has 2 heterocycles. The van der Waals surface area contributed by atoms with E-state index >= 15 is 0 Å². The first-order chi connectivity index (χ1) is 16.1. The van der Waals surface area contributed by atoms with Crippen LogP contribution in [0.3, 0.4) is 0 Å². The molecule has 7 heteroatoms. The number of ether oxygens (including phenoxy) is 1. The Hall–Kier alpha value is -3.19. The van der Waals surface area contributed by atoms with Crippen LogP contribution in [0, 0.1) is 5.82 Å². The van der Waals surface area contributed by atoms with Gasteiger partial charge >= 0.3 is 0 Å². The van der Waals surface area contributed by atoms with Crippen LogP contribution in [0.4, 0.5) is 4.39 Å². The van der Waals surface area contributed by atoms with E-state index in [9.17, 15) is 9.18 Å². The highest BCUT2D eigenvalue weighted by molar-refractivity contribution is 5.94. The van der Waals surface area contributed by atoms with Gasteiger partial charge in [-0.05, 0) is 74.1 Å². The van der Waals surface area contributed by atoms with Crippen LogP contribution in [0.1, 0.15) is 46.6 Å². The van der Waals surface area contributed by atoms with Crippen molar-refractivity contribution < 1.29 is 13.9 Å². The predicted octanol–water partition coefficient (Wildman–Crippen LogP) is 3.90. The molecule has 1 aromatic heterocycles. The lowest BCUT2D eigenvalue weighted by atomic mass is 10.0. The number of nitrogens with zero attached hydrogens (tertiary/aromatic N) is 3. The van der Waals surface area contributed by atoms with Gasteiger partial charge < -0.3 is 10.1 Å². The third-order valence-electron chi connectivity index (χ3n) is 6.68. The zero-order valence-electron chi connectivity index (χ0n) is 18.9. The zero-order valence-corrected chi connectivity index (χ0v) is 18.9. The summed E-state index contributed by atoms with van der Waals surface area (Å²) in [6.45, 7) is 2.75. The Morgan fingerprint density at radius 1 is 1.15 bits per heavy atom. The molecule has 3 aromatic rings. The molecule has 172 valence electrons. The van der Waals surface area contributed by atoms with Crippen molar-refractivity contribution in [2.24, 2.45) is 0 Å². The van der Waals surface area contributed by atoms with E-state index in [4.69, 9.17) is 4.74 Å². The van der Waals surface area contributed by atoms with Crippen LogP contribution in [-0.4, -0.2) is 46.8 Å². The molecule has 2 aromatic carbocycles. The van der Waals surface area contributed by atoms with E-state index in [1.54, 1.807) is 19.2 Å². The Morgan fingerprint density at radius 2 is 1.94 bits per heavy atom. The van der Waals surface area contributed by atoms with Crippen LogP contribution in [0.15, 0.2) is 48.5 Å². The molecule has 1 N–H and O–H groups in total. The number of hydrogen-bond acceptors (Lipinski definition) is 4. The predicted molar refractivity (Wildman–Crippen MR) is 124 cm³/mol. The molecule has 0 saturated carbocycles. The largest absolute Gasteiger partial charge is 0.497 e. The molecule has 0 unspecified atom stereocenters. The first-order valence-electron chi connectivity index (χ1n) is 11.6. The molecular formula is C26H29FN4O2. The van der Waals surface area contributed by atoms with Crippen molar-refractivity contribution in [3.05, 3.63) is 76.9 Å². The second-order valence-electron chi connectivity index (χ2n) is 8.89. The molecule has 2 aliphatic rings. The summed E-state index contributed by atoms with van der Waals surface area (Å²) in [6.07, 6.45) is 4.58. The third kappa shape index (κ3) is 4.64. The Balaban J connectivity index is 1.22. The van der Waals surface area contributed by atoms with Crippen LogP contribution in [-0.2, 0) is 19.4 Å². The van der Waals surface area contributed by atoms with E-state index in [1.807, 2.05) is 16.8 Å². The maximum atomic E-state index is 13.4. The molecule has 0 atom stereocenters. The van der Waals surface area contributed by atoms with Crippen LogP contribution in [0.5, 0.6) is 5.75 Å². The maximum Gasteiger partial charge on any atom is 0.272 e. The number of methoxy groups -OCH3 is 1. The molecule has 1 amide bonds. The summed E-state index contributed by atoms with van der Waals surface area (Å²) in [5.41, 5.74) is 4.65. The van der Waals surface area contributed by atoms with Gasteiger partial charge in [0.2, 0.25) is 0 Å². The molecule has 1 fully saturated rings. The number of rotatable bonds is 6. The number of fused-ring (bicyclic) bond motifs is 1. The number of nitrogens with one attached hydrogen (secondary N) is 1. The normalized spacial score (nSPS) is 16.5. The minimum absolute atomic E-state index is 0.0970. The number of benzene rings is 2. The fourth-order valence-electron chi connectivity index (χ4n) is 4.93. The first-order valence-corrected chi connectivity index (χ1v) is 11.6. The number of piperidine rings is 1. The van der Waals surface area contributed by atoms with Crippen molar-refractivity contribution >= 4 is 5.91 Å². The van der Waals surface area contributed by atoms with Gasteiger partial charge in [-0.2, -0.15) is 5.10 Å². The van der Waals surface area contributed by atoms with Crippen LogP contribution >= 0.6 is 0 Å². The molecular weight excluding hydrogens is 419 g/mol. The number of halogens is 1. The number of hydrogen-bond donors (Lipinski definition) is 1. The van der Waals surface area contributed by atoms with Crippen molar-refractivity contribution in [1.82, 2.24) is 20.0 Å². The van der Waals surface area contributed by atoms with Crippen molar-refractivity contribution in [3.63, 3.8) is 0 Å². The Bertz CT molecular complexity index is 1130. The van der Waals surface area contributed by atoms with Crippen molar-refractivity contribution in [2.45, 2.75) is 44.7 Å². The maximum absolute atomic E-state index is 13.4. The Morgan fingerprint density at radius 3 is 2.70 bits per heavy atom. The van der Waals surface area contributed by atoms with Gasteiger partial charge in [-0.1, -0.05) is 12.1 Å². The van der Waals surface area contributed by atoms with Gasteiger partial charge in [-0.15, -0.1) is 0 Å². The van der Waals surface area contributed by atoms with Crippen molar-refractivity contribution in [1.29, 1.82) is 0 Å². The van der Waals surface area contributed by atoms with Crippen LogP contribution in [0.2, 0.25) is 0 Å². The number of carbonyl (C=O) groups excluding carboxylic acids is 1. The van der Waals surface area contributed by atoms with Gasteiger partial charge in [0, 0.05) is 36.9 Å². The van der Waals surface area contributed by atoms with E-state index in [1.165, 1.54) is 17.7 Å². The van der Waals surface area contributed by atoms with E-state index in [0.29, 0.717) is 5.69 Å². The molecule has 6 nitrogen and oxygen atoms in total. The van der Waals surface area contributed by atoms with Gasteiger partial charge in [-0.3, -0.25) is 9.69 Å². The van der Waals surface area contributed by atoms with E-state index in [0.717, 1.165) is 74.4 Å². The summed E-state index contributed by atoms with van der Waals surface area (Å²) < 4.78 is 20.5. The summed E-state index contributed by atoms with van der Waals surface area (Å²) in [4.78, 5) is 15.6. The number of aromatic nitrogens is 2. The second-order valence-corrected chi connectivity index (χ2v) is 8.89. The van der Waals surface area contributed by atoms with Gasteiger partial charge in [0.25, 0.3) is 5.91 Å². The second kappa shape index (κ2) is 9.35. The van der Waals surface area contributed by atoms with Gasteiger partial charge in [0.05, 0.1) is 12.8 Å². The van der Waals surface area contributed by atoms with Gasteiger partial charge in [0.1, 0.15) is 11.6 Å². The Kier molecular flexibility index (Phi) is 6.13. The van der Waals surface area contributed by atoms with E-state index in [2.05, 4.69) is 27.4 Å². The minimum atomic E-state index is -0.279. The minimum Gasteiger partial charge on any atom is -0.497 e. The smallest absolute Gasteiger partial charge is 0.272 e. The number of likely N-dealkylation sites (tertiary alicyclic amines) is 1. The van der Waals surface area contributed by atoms with Crippen molar-refractivity contribution in [3.8, 4) is 11.4 Å². The summed E-state index contributed by atoms with van der Waals surface area (Å²) in [6, 6.07) is 14.6. The highest BCUT2D eigenvalue weighted by Gasteiger charge is 2.29.